The van der Waals surface area contributed by atoms with Crippen LogP contribution in [0.3, 0.4) is 0 Å². The third kappa shape index (κ3) is 2.51. The summed E-state index contributed by atoms with van der Waals surface area (Å²) >= 11 is 1.73. The van der Waals surface area contributed by atoms with Gasteiger partial charge in [-0.15, -0.1) is 11.8 Å². The van der Waals surface area contributed by atoms with Crippen LogP contribution in [0.4, 0.5) is 0 Å². The molecular formula is C14H12N4S. The number of nitrogens with zero attached hydrogens (tertiary/aromatic N) is 3. The van der Waals surface area contributed by atoms with Crippen molar-refractivity contribution in [3.05, 3.63) is 49.1 Å². The first-order chi connectivity index (χ1) is 9.36. The van der Waals surface area contributed by atoms with E-state index in [0.29, 0.717) is 0 Å². The molecule has 1 N–H and O–H groups in total. The predicted octanol–water partition coefficient (Wildman–Crippen LogP) is 3.26. The second kappa shape index (κ2) is 5.24. The van der Waals surface area contributed by atoms with Crippen LogP contribution in [0, 0.1) is 0 Å². The first-order valence-corrected chi connectivity index (χ1v) is 7.05. The summed E-state index contributed by atoms with van der Waals surface area (Å²) in [6, 6.07) is 10.2. The van der Waals surface area contributed by atoms with Crippen LogP contribution in [0.5, 0.6) is 0 Å². The number of hydrogen-bond donors (Lipinski definition) is 1. The quantitative estimate of drug-likeness (QED) is 0.741. The Bertz CT molecular complexity index is 661. The molecule has 0 radical (unpaired) electrons. The van der Waals surface area contributed by atoms with Gasteiger partial charge >= 0.3 is 0 Å². The summed E-state index contributed by atoms with van der Waals surface area (Å²) < 4.78 is 0. The molecule has 0 fully saturated rings. The number of imidazole rings is 1. The molecule has 0 saturated carbocycles. The van der Waals surface area contributed by atoms with Crippen LogP contribution in [-0.2, 0) is 0 Å². The van der Waals surface area contributed by atoms with Crippen LogP contribution < -0.4 is 0 Å². The van der Waals surface area contributed by atoms with E-state index in [-0.39, 0.29) is 0 Å². The minimum Gasteiger partial charge on any atom is -0.337 e. The highest BCUT2D eigenvalue weighted by Crippen LogP contribution is 2.23. The molecule has 0 unspecified atom stereocenters. The molecule has 0 atom stereocenters. The second-order valence-electron chi connectivity index (χ2n) is 3.97. The van der Waals surface area contributed by atoms with Crippen molar-refractivity contribution in [2.24, 2.45) is 0 Å². The van der Waals surface area contributed by atoms with Crippen molar-refractivity contribution in [1.82, 2.24) is 19.9 Å². The molecule has 0 aliphatic carbocycles. The van der Waals surface area contributed by atoms with E-state index in [1.54, 1.807) is 24.2 Å². The molecule has 0 bridgehead atoms. The SMILES string of the molecule is CSc1ccc(-c2ncc(-c3ccncn3)[nH]2)cc1. The van der Waals surface area contributed by atoms with E-state index >= 15 is 0 Å². The molecule has 2 heterocycles. The molecule has 5 heteroatoms. The summed E-state index contributed by atoms with van der Waals surface area (Å²) in [7, 11) is 0. The molecule has 94 valence electrons. The topological polar surface area (TPSA) is 54.5 Å². The lowest BCUT2D eigenvalue weighted by Gasteiger charge is -1.99. The zero-order valence-electron chi connectivity index (χ0n) is 10.4. The third-order valence-corrected chi connectivity index (χ3v) is 3.54. The normalized spacial score (nSPS) is 10.6. The Morgan fingerprint density at radius 1 is 1.05 bits per heavy atom. The van der Waals surface area contributed by atoms with E-state index in [2.05, 4.69) is 50.5 Å². The predicted molar refractivity (Wildman–Crippen MR) is 76.8 cm³/mol. The summed E-state index contributed by atoms with van der Waals surface area (Å²) in [5, 5.41) is 0. The molecule has 2 aromatic heterocycles. The maximum atomic E-state index is 4.40. The van der Waals surface area contributed by atoms with Gasteiger partial charge in [-0.1, -0.05) is 12.1 Å². The van der Waals surface area contributed by atoms with E-state index in [1.807, 2.05) is 6.07 Å². The number of H-pyrrole nitrogens is 1. The molecule has 0 amide bonds. The summed E-state index contributed by atoms with van der Waals surface area (Å²) in [4.78, 5) is 17.0. The van der Waals surface area contributed by atoms with Crippen molar-refractivity contribution in [1.29, 1.82) is 0 Å². The molecule has 19 heavy (non-hydrogen) atoms. The van der Waals surface area contributed by atoms with Gasteiger partial charge in [-0.05, 0) is 24.5 Å². The second-order valence-corrected chi connectivity index (χ2v) is 4.85. The van der Waals surface area contributed by atoms with Crippen molar-refractivity contribution >= 4 is 11.8 Å². The van der Waals surface area contributed by atoms with Crippen molar-refractivity contribution in [3.8, 4) is 22.8 Å². The van der Waals surface area contributed by atoms with Gasteiger partial charge in [0.25, 0.3) is 0 Å². The van der Waals surface area contributed by atoms with Gasteiger partial charge in [0, 0.05) is 16.7 Å². The number of rotatable bonds is 3. The van der Waals surface area contributed by atoms with Gasteiger partial charge in [-0.3, -0.25) is 0 Å². The largest absolute Gasteiger partial charge is 0.337 e. The van der Waals surface area contributed by atoms with E-state index in [1.165, 1.54) is 11.2 Å². The Morgan fingerprint density at radius 2 is 1.89 bits per heavy atom. The van der Waals surface area contributed by atoms with Crippen LogP contribution in [0.15, 0.2) is 53.9 Å². The van der Waals surface area contributed by atoms with Gasteiger partial charge in [-0.25, -0.2) is 15.0 Å². The number of aromatic nitrogens is 4. The molecule has 1 aromatic carbocycles. The summed E-state index contributed by atoms with van der Waals surface area (Å²) in [5.74, 6) is 0.848. The Morgan fingerprint density at radius 3 is 2.58 bits per heavy atom. The van der Waals surface area contributed by atoms with E-state index in [0.717, 1.165) is 22.8 Å². The Balaban J connectivity index is 1.92. The zero-order valence-corrected chi connectivity index (χ0v) is 11.2. The standard InChI is InChI=1S/C14H12N4S/c1-19-11-4-2-10(3-5-11)14-16-8-13(18-14)12-6-7-15-9-17-12/h2-9H,1H3,(H,16,18). The lowest BCUT2D eigenvalue weighted by Crippen LogP contribution is -1.84. The Kier molecular flexibility index (Phi) is 3.29. The minimum absolute atomic E-state index is 0.842. The van der Waals surface area contributed by atoms with Gasteiger partial charge in [-0.2, -0.15) is 0 Å². The van der Waals surface area contributed by atoms with Crippen molar-refractivity contribution in [3.63, 3.8) is 0 Å². The molecule has 4 nitrogen and oxygen atoms in total. The van der Waals surface area contributed by atoms with Crippen LogP contribution in [0.25, 0.3) is 22.8 Å². The number of thioether (sulfide) groups is 1. The van der Waals surface area contributed by atoms with Crippen molar-refractivity contribution in [2.45, 2.75) is 4.90 Å². The van der Waals surface area contributed by atoms with Crippen molar-refractivity contribution in [2.75, 3.05) is 6.26 Å². The lowest BCUT2D eigenvalue weighted by molar-refractivity contribution is 1.16. The molecule has 0 spiro atoms. The number of nitrogens with one attached hydrogen (secondary N) is 1. The fourth-order valence-electron chi connectivity index (χ4n) is 1.80. The molecule has 3 aromatic rings. The van der Waals surface area contributed by atoms with Crippen LogP contribution in [0.2, 0.25) is 0 Å². The Hall–Kier alpha value is -2.14. The van der Waals surface area contributed by atoms with E-state index in [9.17, 15) is 0 Å². The average molecular weight is 268 g/mol. The van der Waals surface area contributed by atoms with Gasteiger partial charge in [0.2, 0.25) is 0 Å². The zero-order chi connectivity index (χ0) is 13.1. The Labute approximate surface area is 115 Å². The van der Waals surface area contributed by atoms with Gasteiger partial charge < -0.3 is 4.98 Å². The maximum Gasteiger partial charge on any atom is 0.137 e. The monoisotopic (exact) mass is 268 g/mol. The molecule has 0 saturated heterocycles. The van der Waals surface area contributed by atoms with Crippen LogP contribution >= 0.6 is 11.8 Å². The highest BCUT2D eigenvalue weighted by Gasteiger charge is 2.06. The highest BCUT2D eigenvalue weighted by molar-refractivity contribution is 7.98. The first-order valence-electron chi connectivity index (χ1n) is 5.82. The minimum atomic E-state index is 0.842. The number of aromatic amines is 1. The van der Waals surface area contributed by atoms with E-state index < -0.39 is 0 Å². The maximum absolute atomic E-state index is 4.40. The lowest BCUT2D eigenvalue weighted by atomic mass is 10.2. The number of hydrogen-bond acceptors (Lipinski definition) is 4. The first kappa shape index (κ1) is 11.9. The van der Waals surface area contributed by atoms with Gasteiger partial charge in [0.1, 0.15) is 12.2 Å². The third-order valence-electron chi connectivity index (χ3n) is 2.80. The van der Waals surface area contributed by atoms with E-state index in [4.69, 9.17) is 0 Å². The smallest absolute Gasteiger partial charge is 0.137 e. The molecular weight excluding hydrogens is 256 g/mol. The van der Waals surface area contributed by atoms with Gasteiger partial charge in [0.15, 0.2) is 0 Å². The van der Waals surface area contributed by atoms with Crippen LogP contribution in [-0.4, -0.2) is 26.2 Å². The molecule has 3 rings (SSSR count). The fourth-order valence-corrected chi connectivity index (χ4v) is 2.21. The molecule has 0 aliphatic rings. The van der Waals surface area contributed by atoms with Crippen LogP contribution in [0.1, 0.15) is 0 Å². The average Bonchev–Trinajstić information content (AvgIpc) is 2.98. The van der Waals surface area contributed by atoms with Crippen molar-refractivity contribution < 1.29 is 0 Å². The highest BCUT2D eigenvalue weighted by atomic mass is 32.2. The summed E-state index contributed by atoms with van der Waals surface area (Å²) in [6.07, 6.45) is 7.11. The van der Waals surface area contributed by atoms with Gasteiger partial charge in [0.05, 0.1) is 17.6 Å². The summed E-state index contributed by atoms with van der Waals surface area (Å²) in [6.45, 7) is 0. The summed E-state index contributed by atoms with van der Waals surface area (Å²) in [5.41, 5.74) is 2.80. The number of benzene rings is 1. The molecule has 0 aliphatic heterocycles. The fraction of sp³-hybridized carbons (Fsp3) is 0.0714.